The number of hydrogen-bond donors (Lipinski definition) is 2. The fraction of sp³-hybridized carbons (Fsp3) is 0.444. The number of rotatable bonds is 4. The van der Waals surface area contributed by atoms with Crippen molar-refractivity contribution < 1.29 is 9.84 Å². The van der Waals surface area contributed by atoms with Crippen LogP contribution >= 0.6 is 0 Å². The number of pyridine rings is 1. The normalized spacial score (nSPS) is 9.77. The zero-order valence-electron chi connectivity index (χ0n) is 7.87. The van der Waals surface area contributed by atoms with Crippen LogP contribution in [0.3, 0.4) is 0 Å². The van der Waals surface area contributed by atoms with Crippen LogP contribution in [0.1, 0.15) is 5.69 Å². The SMILES string of the molecule is CNc1cnc(C)c(OCCO)c1. The molecule has 0 spiro atoms. The van der Waals surface area contributed by atoms with Crippen molar-refractivity contribution >= 4 is 5.69 Å². The van der Waals surface area contributed by atoms with Crippen LogP contribution in [0.15, 0.2) is 12.3 Å². The molecule has 0 amide bonds. The number of anilines is 1. The number of nitrogens with one attached hydrogen (secondary N) is 1. The minimum atomic E-state index is 0.0171. The van der Waals surface area contributed by atoms with Crippen LogP contribution in [0.5, 0.6) is 5.75 Å². The monoisotopic (exact) mass is 182 g/mol. The van der Waals surface area contributed by atoms with Gasteiger partial charge in [0.05, 0.1) is 24.2 Å². The summed E-state index contributed by atoms with van der Waals surface area (Å²) in [6.07, 6.45) is 1.74. The molecule has 0 bridgehead atoms. The highest BCUT2D eigenvalue weighted by atomic mass is 16.5. The summed E-state index contributed by atoms with van der Waals surface area (Å²) >= 11 is 0. The van der Waals surface area contributed by atoms with E-state index in [0.29, 0.717) is 12.4 Å². The van der Waals surface area contributed by atoms with Crippen LogP contribution in [0.4, 0.5) is 5.69 Å². The maximum atomic E-state index is 8.58. The molecule has 0 saturated carbocycles. The van der Waals surface area contributed by atoms with Crippen molar-refractivity contribution in [3.05, 3.63) is 18.0 Å². The summed E-state index contributed by atoms with van der Waals surface area (Å²) in [6.45, 7) is 2.19. The molecule has 0 atom stereocenters. The second-order valence-electron chi connectivity index (χ2n) is 2.63. The van der Waals surface area contributed by atoms with Crippen LogP contribution in [0.25, 0.3) is 0 Å². The highest BCUT2D eigenvalue weighted by Crippen LogP contribution is 2.19. The average molecular weight is 182 g/mol. The lowest BCUT2D eigenvalue weighted by atomic mass is 10.3. The predicted molar refractivity (Wildman–Crippen MR) is 51.1 cm³/mol. The lowest BCUT2D eigenvalue weighted by molar-refractivity contribution is 0.200. The molecule has 0 saturated heterocycles. The molecule has 1 heterocycles. The Bertz CT molecular complexity index is 276. The van der Waals surface area contributed by atoms with Crippen molar-refractivity contribution in [3.8, 4) is 5.75 Å². The van der Waals surface area contributed by atoms with Crippen LogP contribution in [-0.2, 0) is 0 Å². The maximum Gasteiger partial charge on any atom is 0.142 e. The molecule has 0 aliphatic heterocycles. The number of aromatic nitrogens is 1. The summed E-state index contributed by atoms with van der Waals surface area (Å²) in [5.74, 6) is 0.709. The van der Waals surface area contributed by atoms with E-state index >= 15 is 0 Å². The summed E-state index contributed by atoms with van der Waals surface area (Å²) in [5, 5.41) is 11.5. The Morgan fingerprint density at radius 3 is 3.00 bits per heavy atom. The van der Waals surface area contributed by atoms with E-state index in [1.165, 1.54) is 0 Å². The minimum Gasteiger partial charge on any atom is -0.489 e. The van der Waals surface area contributed by atoms with Gasteiger partial charge in [0.15, 0.2) is 0 Å². The molecule has 13 heavy (non-hydrogen) atoms. The van der Waals surface area contributed by atoms with Gasteiger partial charge in [-0.1, -0.05) is 0 Å². The van der Waals surface area contributed by atoms with Gasteiger partial charge >= 0.3 is 0 Å². The quantitative estimate of drug-likeness (QED) is 0.723. The molecule has 0 unspecified atom stereocenters. The zero-order valence-corrected chi connectivity index (χ0v) is 7.87. The van der Waals surface area contributed by atoms with Gasteiger partial charge in [0.25, 0.3) is 0 Å². The molecule has 1 aromatic heterocycles. The lowest BCUT2D eigenvalue weighted by Crippen LogP contribution is -2.04. The number of nitrogens with zero attached hydrogens (tertiary/aromatic N) is 1. The second-order valence-corrected chi connectivity index (χ2v) is 2.63. The van der Waals surface area contributed by atoms with E-state index < -0.39 is 0 Å². The zero-order chi connectivity index (χ0) is 9.68. The molecule has 72 valence electrons. The highest BCUT2D eigenvalue weighted by molar-refractivity contribution is 5.47. The fourth-order valence-corrected chi connectivity index (χ4v) is 0.951. The van der Waals surface area contributed by atoms with E-state index in [1.54, 1.807) is 6.20 Å². The van der Waals surface area contributed by atoms with Gasteiger partial charge in [-0.15, -0.1) is 0 Å². The molecule has 4 nitrogen and oxygen atoms in total. The fourth-order valence-electron chi connectivity index (χ4n) is 0.951. The first-order valence-corrected chi connectivity index (χ1v) is 4.16. The van der Waals surface area contributed by atoms with Gasteiger partial charge in [0.2, 0.25) is 0 Å². The Hall–Kier alpha value is -1.29. The molecule has 0 aromatic carbocycles. The smallest absolute Gasteiger partial charge is 0.142 e. The Kier molecular flexibility index (Phi) is 3.52. The summed E-state index contributed by atoms with van der Waals surface area (Å²) in [7, 11) is 1.82. The molecule has 0 fully saturated rings. The first kappa shape index (κ1) is 9.80. The van der Waals surface area contributed by atoms with E-state index in [4.69, 9.17) is 9.84 Å². The third-order valence-electron chi connectivity index (χ3n) is 1.68. The van der Waals surface area contributed by atoms with Gasteiger partial charge in [-0.2, -0.15) is 0 Å². The van der Waals surface area contributed by atoms with Crippen molar-refractivity contribution in [3.63, 3.8) is 0 Å². The lowest BCUT2D eigenvalue weighted by Gasteiger charge is -2.08. The standard InChI is InChI=1S/C9H14N2O2/c1-7-9(13-4-3-12)5-8(10-2)6-11-7/h5-6,10,12H,3-4H2,1-2H3. The number of ether oxygens (including phenoxy) is 1. The molecule has 0 aliphatic rings. The van der Waals surface area contributed by atoms with Gasteiger partial charge in [-0.3, -0.25) is 4.98 Å². The van der Waals surface area contributed by atoms with E-state index in [9.17, 15) is 0 Å². The van der Waals surface area contributed by atoms with Crippen molar-refractivity contribution in [1.29, 1.82) is 0 Å². The summed E-state index contributed by atoms with van der Waals surface area (Å²) in [5.41, 5.74) is 1.73. The Morgan fingerprint density at radius 2 is 2.38 bits per heavy atom. The van der Waals surface area contributed by atoms with Crippen LogP contribution in [0, 0.1) is 6.92 Å². The molecule has 1 rings (SSSR count). The van der Waals surface area contributed by atoms with E-state index in [1.807, 2.05) is 20.0 Å². The molecule has 2 N–H and O–H groups in total. The van der Waals surface area contributed by atoms with Crippen molar-refractivity contribution in [1.82, 2.24) is 4.98 Å². The van der Waals surface area contributed by atoms with Crippen molar-refractivity contribution in [2.75, 3.05) is 25.6 Å². The third-order valence-corrected chi connectivity index (χ3v) is 1.68. The molecular weight excluding hydrogens is 168 g/mol. The average Bonchev–Trinajstić information content (AvgIpc) is 2.17. The van der Waals surface area contributed by atoms with Crippen LogP contribution in [-0.4, -0.2) is 30.4 Å². The van der Waals surface area contributed by atoms with Crippen LogP contribution < -0.4 is 10.1 Å². The Morgan fingerprint density at radius 1 is 1.62 bits per heavy atom. The predicted octanol–water partition coefficient (Wildman–Crippen LogP) is 0.803. The maximum absolute atomic E-state index is 8.58. The third kappa shape index (κ3) is 2.59. The van der Waals surface area contributed by atoms with Gasteiger partial charge < -0.3 is 15.2 Å². The molecule has 1 aromatic rings. The number of aliphatic hydroxyl groups excluding tert-OH is 1. The molecular formula is C9H14N2O2. The van der Waals surface area contributed by atoms with E-state index in [0.717, 1.165) is 11.4 Å². The van der Waals surface area contributed by atoms with Crippen LogP contribution in [0.2, 0.25) is 0 Å². The number of hydrogen-bond acceptors (Lipinski definition) is 4. The van der Waals surface area contributed by atoms with Gasteiger partial charge in [-0.25, -0.2) is 0 Å². The first-order valence-electron chi connectivity index (χ1n) is 4.16. The highest BCUT2D eigenvalue weighted by Gasteiger charge is 2.01. The van der Waals surface area contributed by atoms with Gasteiger partial charge in [0.1, 0.15) is 12.4 Å². The largest absolute Gasteiger partial charge is 0.489 e. The van der Waals surface area contributed by atoms with Gasteiger partial charge in [-0.05, 0) is 6.92 Å². The van der Waals surface area contributed by atoms with Gasteiger partial charge in [0, 0.05) is 13.1 Å². The molecule has 0 aliphatic carbocycles. The Balaban J connectivity index is 2.78. The molecule has 0 radical (unpaired) electrons. The Labute approximate surface area is 77.6 Å². The second kappa shape index (κ2) is 4.67. The van der Waals surface area contributed by atoms with E-state index in [-0.39, 0.29) is 6.61 Å². The topological polar surface area (TPSA) is 54.4 Å². The minimum absolute atomic E-state index is 0.0171. The first-order chi connectivity index (χ1) is 6.27. The number of aliphatic hydroxyl groups is 1. The van der Waals surface area contributed by atoms with Crippen molar-refractivity contribution in [2.45, 2.75) is 6.92 Å². The summed E-state index contributed by atoms with van der Waals surface area (Å²) in [4.78, 5) is 4.13. The molecule has 4 heteroatoms. The van der Waals surface area contributed by atoms with Crippen molar-refractivity contribution in [2.24, 2.45) is 0 Å². The number of aryl methyl sites for hydroxylation is 1. The summed E-state index contributed by atoms with van der Waals surface area (Å²) < 4.78 is 5.28. The summed E-state index contributed by atoms with van der Waals surface area (Å²) in [6, 6.07) is 1.86. The van der Waals surface area contributed by atoms with E-state index in [2.05, 4.69) is 10.3 Å².